The lowest BCUT2D eigenvalue weighted by molar-refractivity contribution is -0.153. The van der Waals surface area contributed by atoms with Gasteiger partial charge in [0.25, 0.3) is 0 Å². The third-order valence-electron chi connectivity index (χ3n) is 12.2. The van der Waals surface area contributed by atoms with E-state index in [4.69, 9.17) is 9.47 Å². The molecule has 1 aromatic heterocycles. The van der Waals surface area contributed by atoms with Crippen LogP contribution in [0.1, 0.15) is 106 Å². The van der Waals surface area contributed by atoms with Gasteiger partial charge < -0.3 is 30.3 Å². The van der Waals surface area contributed by atoms with Crippen LogP contribution in [0.4, 0.5) is 11.4 Å². The number of ether oxygens (including phenoxy) is 2. The number of anilines is 2. The Morgan fingerprint density at radius 1 is 0.661 bits per heavy atom. The Bertz CT molecular complexity index is 2170. The van der Waals surface area contributed by atoms with Crippen LogP contribution in [0.25, 0.3) is 0 Å². The van der Waals surface area contributed by atoms with Crippen LogP contribution in [0.15, 0.2) is 84.2 Å². The van der Waals surface area contributed by atoms with Gasteiger partial charge in [-0.3, -0.25) is 28.8 Å². The number of carboxylic acids is 2. The van der Waals surface area contributed by atoms with E-state index in [0.29, 0.717) is 16.3 Å². The lowest BCUT2D eigenvalue weighted by Crippen LogP contribution is -2.33. The molecule has 4 aromatic rings. The van der Waals surface area contributed by atoms with Gasteiger partial charge in [0.15, 0.2) is 23.1 Å². The summed E-state index contributed by atoms with van der Waals surface area (Å²) in [5.74, 6) is -7.07. The summed E-state index contributed by atoms with van der Waals surface area (Å²) >= 11 is 1.17. The van der Waals surface area contributed by atoms with Gasteiger partial charge in [0, 0.05) is 53.1 Å². The van der Waals surface area contributed by atoms with Crippen molar-refractivity contribution in [3.8, 4) is 11.5 Å². The molecule has 1 heterocycles. The van der Waals surface area contributed by atoms with Crippen LogP contribution < -0.4 is 20.1 Å². The Labute approximate surface area is 344 Å². The smallest absolute Gasteiger partial charge is 0.353 e. The second kappa shape index (κ2) is 17.0. The topological polar surface area (TPSA) is 202 Å². The standard InChI is InChI=1S/C45H44N2O11S/c1-57-36-23-30(16-21-35(36)58-41(52)37-11-6-22-59-37)38-44(42(53)54,24-33(48)26-12-17-31(18-13-26)46-39(50)28-7-2-3-8-28)45(38,43(55)56)25-34(49)27-14-19-32(20-15-27)47-40(51)29-9-4-5-10-29/h6,11-23,28-29,38H,2-5,7-10,24-25H2,1H3,(H,46,50)(H,47,51)(H,53,54)(H,55,56). The highest BCUT2D eigenvalue weighted by Gasteiger charge is 2.85. The number of nitrogens with one attached hydrogen (secondary N) is 2. The van der Waals surface area contributed by atoms with E-state index in [0.717, 1.165) is 51.4 Å². The molecule has 0 radical (unpaired) electrons. The van der Waals surface area contributed by atoms with Crippen LogP contribution in [-0.4, -0.2) is 58.6 Å². The number of aliphatic carboxylic acids is 2. The largest absolute Gasteiger partial charge is 0.493 e. The van der Waals surface area contributed by atoms with Crippen LogP contribution in [0.3, 0.4) is 0 Å². The van der Waals surface area contributed by atoms with Crippen LogP contribution in [0.2, 0.25) is 0 Å². The Kier molecular flexibility index (Phi) is 11.8. The van der Waals surface area contributed by atoms with Crippen molar-refractivity contribution < 1.29 is 53.2 Å². The van der Waals surface area contributed by atoms with Crippen LogP contribution >= 0.6 is 11.3 Å². The summed E-state index contributed by atoms with van der Waals surface area (Å²) in [4.78, 5) is 93.9. The van der Waals surface area contributed by atoms with Gasteiger partial charge >= 0.3 is 17.9 Å². The molecule has 3 aliphatic carbocycles. The first-order valence-corrected chi connectivity index (χ1v) is 20.5. The summed E-state index contributed by atoms with van der Waals surface area (Å²) in [6, 6.07) is 19.3. The fraction of sp³-hybridized carbons (Fsp3) is 0.356. The molecule has 2 amide bonds. The first-order chi connectivity index (χ1) is 28.4. The molecule has 4 N–H and O–H groups in total. The average Bonchev–Trinajstić information content (AvgIpc) is 3.92. The van der Waals surface area contributed by atoms with Gasteiger partial charge in [0.2, 0.25) is 11.8 Å². The maximum Gasteiger partial charge on any atom is 0.353 e. The van der Waals surface area contributed by atoms with Crippen molar-refractivity contribution in [1.29, 1.82) is 0 Å². The van der Waals surface area contributed by atoms with E-state index in [1.165, 1.54) is 85.2 Å². The number of Topliss-reactive ketones (excluding diaryl/α,β-unsaturated/α-hetero) is 2. The molecule has 13 nitrogen and oxygen atoms in total. The van der Waals surface area contributed by atoms with Crippen molar-refractivity contribution in [1.82, 2.24) is 0 Å². The molecule has 0 saturated heterocycles. The zero-order chi connectivity index (χ0) is 41.9. The molecule has 3 saturated carbocycles. The van der Waals surface area contributed by atoms with E-state index < -0.39 is 59.1 Å². The predicted octanol–water partition coefficient (Wildman–Crippen LogP) is 8.02. The normalized spacial score (nSPS) is 21.3. The van der Waals surface area contributed by atoms with E-state index in [1.54, 1.807) is 17.5 Å². The number of carbonyl (C=O) groups excluding carboxylic acids is 5. The average molecular weight is 821 g/mol. The second-order valence-electron chi connectivity index (χ2n) is 15.6. The summed E-state index contributed by atoms with van der Waals surface area (Å²) in [7, 11) is 1.30. The zero-order valence-corrected chi connectivity index (χ0v) is 33.2. The molecule has 0 spiro atoms. The quantitative estimate of drug-likeness (QED) is 0.0484. The lowest BCUT2D eigenvalue weighted by Gasteiger charge is -2.18. The molecule has 306 valence electrons. The Morgan fingerprint density at radius 3 is 1.54 bits per heavy atom. The maximum absolute atomic E-state index is 14.1. The highest BCUT2D eigenvalue weighted by Crippen LogP contribution is 2.78. The molecule has 2 unspecified atom stereocenters. The summed E-state index contributed by atoms with van der Waals surface area (Å²) in [6.45, 7) is 0. The van der Waals surface area contributed by atoms with Crippen molar-refractivity contribution in [2.45, 2.75) is 70.1 Å². The number of amides is 2. The van der Waals surface area contributed by atoms with Crippen LogP contribution in [-0.2, 0) is 19.2 Å². The van der Waals surface area contributed by atoms with E-state index in [2.05, 4.69) is 10.6 Å². The minimum Gasteiger partial charge on any atom is -0.493 e. The van der Waals surface area contributed by atoms with E-state index >= 15 is 0 Å². The number of carboxylic acid groups (broad SMARTS) is 2. The van der Waals surface area contributed by atoms with Crippen molar-refractivity contribution in [3.63, 3.8) is 0 Å². The number of carbonyl (C=O) groups is 7. The molecule has 14 heteroatoms. The number of hydrogen-bond donors (Lipinski definition) is 4. The molecular weight excluding hydrogens is 777 g/mol. The first-order valence-electron chi connectivity index (χ1n) is 19.7. The van der Waals surface area contributed by atoms with E-state index in [1.807, 2.05) is 0 Å². The highest BCUT2D eigenvalue weighted by molar-refractivity contribution is 7.12. The van der Waals surface area contributed by atoms with E-state index in [9.17, 15) is 43.8 Å². The molecule has 0 bridgehead atoms. The number of hydrogen-bond acceptors (Lipinski definition) is 10. The Morgan fingerprint density at radius 2 is 1.14 bits per heavy atom. The van der Waals surface area contributed by atoms with Crippen molar-refractivity contribution >= 4 is 64.0 Å². The van der Waals surface area contributed by atoms with Gasteiger partial charge in [-0.05, 0) is 103 Å². The Hall–Kier alpha value is -6.15. The van der Waals surface area contributed by atoms with Gasteiger partial charge in [0.1, 0.15) is 15.7 Å². The van der Waals surface area contributed by atoms with Gasteiger partial charge in [-0.1, -0.05) is 37.8 Å². The molecule has 0 aliphatic heterocycles. The van der Waals surface area contributed by atoms with Gasteiger partial charge in [-0.25, -0.2) is 4.79 Å². The third kappa shape index (κ3) is 8.01. The minimum atomic E-state index is -2.32. The monoisotopic (exact) mass is 820 g/mol. The van der Waals surface area contributed by atoms with Crippen molar-refractivity contribution in [3.05, 3.63) is 106 Å². The number of esters is 1. The number of ketones is 2. The number of thiophene rings is 1. The molecule has 2 atom stereocenters. The fourth-order valence-electron chi connectivity index (χ4n) is 9.02. The molecule has 3 fully saturated rings. The second-order valence-corrected chi connectivity index (χ2v) is 16.5. The number of benzene rings is 3. The van der Waals surface area contributed by atoms with Crippen molar-refractivity contribution in [2.75, 3.05) is 17.7 Å². The molecular formula is C45H44N2O11S. The van der Waals surface area contributed by atoms with Crippen molar-refractivity contribution in [2.24, 2.45) is 22.7 Å². The summed E-state index contributed by atoms with van der Waals surface area (Å²) < 4.78 is 11.1. The third-order valence-corrected chi connectivity index (χ3v) is 13.0. The van der Waals surface area contributed by atoms with E-state index in [-0.39, 0.29) is 51.8 Å². The molecule has 3 aliphatic rings. The van der Waals surface area contributed by atoms with Gasteiger partial charge in [-0.2, -0.15) is 0 Å². The summed E-state index contributed by atoms with van der Waals surface area (Å²) in [5.41, 5.74) is -3.42. The Balaban J connectivity index is 1.20. The number of methoxy groups -OCH3 is 1. The summed E-state index contributed by atoms with van der Waals surface area (Å²) in [6.07, 6.45) is 5.54. The highest BCUT2D eigenvalue weighted by atomic mass is 32.1. The zero-order valence-electron chi connectivity index (χ0n) is 32.4. The fourth-order valence-corrected chi connectivity index (χ4v) is 9.61. The lowest BCUT2D eigenvalue weighted by atomic mass is 9.82. The van der Waals surface area contributed by atoms with Crippen LogP contribution in [0, 0.1) is 22.7 Å². The summed E-state index contributed by atoms with van der Waals surface area (Å²) in [5, 5.41) is 29.5. The molecule has 7 rings (SSSR count). The SMILES string of the molecule is COc1cc(C2C(CC(=O)c3ccc(NC(=O)C4CCCC4)cc3)(C(=O)O)C2(CC(=O)c2ccc(NC(=O)C3CCCC3)cc2)C(=O)O)ccc1OC(=O)c1cccs1. The maximum atomic E-state index is 14.1. The van der Waals surface area contributed by atoms with Crippen LogP contribution in [0.5, 0.6) is 11.5 Å². The molecule has 59 heavy (non-hydrogen) atoms. The first kappa shape index (κ1) is 41.0. The number of rotatable bonds is 16. The van der Waals surface area contributed by atoms with Gasteiger partial charge in [0.05, 0.1) is 7.11 Å². The predicted molar refractivity (Wildman–Crippen MR) is 217 cm³/mol. The minimum absolute atomic E-state index is 0.000941. The van der Waals surface area contributed by atoms with Gasteiger partial charge in [-0.15, -0.1) is 11.3 Å². The molecule has 3 aromatic carbocycles.